The number of rotatable bonds is 3. The van der Waals surface area contributed by atoms with Gasteiger partial charge in [-0.3, -0.25) is 4.98 Å². The van der Waals surface area contributed by atoms with Crippen LogP contribution in [-0.2, 0) is 12.8 Å². The molecule has 18 heavy (non-hydrogen) atoms. The Bertz CT molecular complexity index is 522. The summed E-state index contributed by atoms with van der Waals surface area (Å²) in [5.74, 6) is 0.501. The zero-order valence-corrected chi connectivity index (χ0v) is 10.4. The maximum atomic E-state index is 6.40. The second kappa shape index (κ2) is 4.91. The summed E-state index contributed by atoms with van der Waals surface area (Å²) in [5, 5.41) is 0. The number of nitrogens with two attached hydrogens (primary N) is 1. The number of nitrogens with zero attached hydrogens (tertiary/aromatic N) is 1. The number of hydrogen-bond donors (Lipinski definition) is 1. The minimum atomic E-state index is 0.192. The first kappa shape index (κ1) is 11.4. The number of benzene rings is 1. The van der Waals surface area contributed by atoms with Crippen LogP contribution in [0.25, 0.3) is 0 Å². The summed E-state index contributed by atoms with van der Waals surface area (Å²) in [6.45, 7) is 0. The third-order valence-electron chi connectivity index (χ3n) is 3.89. The van der Waals surface area contributed by atoms with Gasteiger partial charge in [0.1, 0.15) is 0 Å². The van der Waals surface area contributed by atoms with E-state index in [4.69, 9.17) is 5.73 Å². The van der Waals surface area contributed by atoms with Gasteiger partial charge in [-0.1, -0.05) is 30.3 Å². The maximum absolute atomic E-state index is 6.40. The summed E-state index contributed by atoms with van der Waals surface area (Å²) in [7, 11) is 0. The van der Waals surface area contributed by atoms with Crippen molar-refractivity contribution >= 4 is 0 Å². The maximum Gasteiger partial charge on any atom is 0.0300 e. The first-order chi connectivity index (χ1) is 8.84. The van der Waals surface area contributed by atoms with Gasteiger partial charge in [0, 0.05) is 18.4 Å². The third kappa shape index (κ3) is 2.16. The van der Waals surface area contributed by atoms with E-state index in [1.807, 2.05) is 12.3 Å². The number of aryl methyl sites for hydroxylation is 1. The molecule has 3 rings (SSSR count). The highest BCUT2D eigenvalue weighted by molar-refractivity contribution is 5.36. The van der Waals surface area contributed by atoms with Gasteiger partial charge in [-0.2, -0.15) is 0 Å². The quantitative estimate of drug-likeness (QED) is 0.893. The van der Waals surface area contributed by atoms with Crippen LogP contribution in [0, 0.1) is 0 Å². The summed E-state index contributed by atoms with van der Waals surface area (Å²) in [6, 6.07) is 13.0. The molecule has 2 nitrogen and oxygen atoms in total. The Labute approximate surface area is 108 Å². The Hall–Kier alpha value is -1.67. The van der Waals surface area contributed by atoms with E-state index < -0.39 is 0 Å². The number of fused-ring (bicyclic) bond motifs is 1. The number of aromatic nitrogens is 1. The van der Waals surface area contributed by atoms with Gasteiger partial charge in [0.25, 0.3) is 0 Å². The molecule has 1 aliphatic rings. The van der Waals surface area contributed by atoms with E-state index in [2.05, 4.69) is 35.3 Å². The second-order valence-electron chi connectivity index (χ2n) is 5.07. The zero-order valence-electron chi connectivity index (χ0n) is 10.4. The fourth-order valence-electron chi connectivity index (χ4n) is 2.97. The van der Waals surface area contributed by atoms with Gasteiger partial charge < -0.3 is 5.73 Å². The van der Waals surface area contributed by atoms with Crippen molar-refractivity contribution in [1.29, 1.82) is 0 Å². The van der Waals surface area contributed by atoms with Crippen LogP contribution in [0.4, 0.5) is 0 Å². The largest absolute Gasteiger partial charge is 0.327 e. The average Bonchev–Trinajstić information content (AvgIpc) is 2.84. The second-order valence-corrected chi connectivity index (χ2v) is 5.07. The lowest BCUT2D eigenvalue weighted by Gasteiger charge is -2.20. The number of pyridine rings is 1. The molecule has 0 amide bonds. The van der Waals surface area contributed by atoms with E-state index in [0.717, 1.165) is 6.42 Å². The Morgan fingerprint density at radius 3 is 2.94 bits per heavy atom. The van der Waals surface area contributed by atoms with Crippen molar-refractivity contribution in [3.05, 3.63) is 65.5 Å². The van der Waals surface area contributed by atoms with Gasteiger partial charge in [0.2, 0.25) is 0 Å². The molecule has 0 saturated carbocycles. The van der Waals surface area contributed by atoms with Crippen LogP contribution in [0.2, 0.25) is 0 Å². The highest BCUT2D eigenvalue weighted by Gasteiger charge is 2.27. The highest BCUT2D eigenvalue weighted by Crippen LogP contribution is 2.35. The minimum absolute atomic E-state index is 0.192. The van der Waals surface area contributed by atoms with Crippen LogP contribution in [-0.4, -0.2) is 11.0 Å². The molecule has 0 spiro atoms. The van der Waals surface area contributed by atoms with E-state index in [0.29, 0.717) is 5.92 Å². The number of hydrogen-bond acceptors (Lipinski definition) is 2. The van der Waals surface area contributed by atoms with Crippen LogP contribution in [0.1, 0.15) is 29.0 Å². The van der Waals surface area contributed by atoms with Crippen LogP contribution < -0.4 is 5.73 Å². The van der Waals surface area contributed by atoms with Gasteiger partial charge in [0.05, 0.1) is 0 Å². The predicted octanol–water partition coefficient (Wildman–Crippen LogP) is 2.68. The van der Waals surface area contributed by atoms with E-state index in [1.54, 1.807) is 6.20 Å². The topological polar surface area (TPSA) is 38.9 Å². The Morgan fingerprint density at radius 2 is 2.11 bits per heavy atom. The summed E-state index contributed by atoms with van der Waals surface area (Å²) < 4.78 is 0. The normalized spacial score (nSPS) is 19.5. The molecule has 0 bridgehead atoms. The van der Waals surface area contributed by atoms with Crippen molar-refractivity contribution in [3.63, 3.8) is 0 Å². The molecule has 2 N–H and O–H groups in total. The molecule has 1 aliphatic carbocycles. The van der Waals surface area contributed by atoms with Crippen LogP contribution in [0.3, 0.4) is 0 Å². The monoisotopic (exact) mass is 238 g/mol. The molecule has 2 aromatic rings. The van der Waals surface area contributed by atoms with Crippen molar-refractivity contribution in [1.82, 2.24) is 4.98 Å². The zero-order chi connectivity index (χ0) is 12.4. The van der Waals surface area contributed by atoms with E-state index >= 15 is 0 Å². The Kier molecular flexibility index (Phi) is 3.11. The fourth-order valence-corrected chi connectivity index (χ4v) is 2.97. The van der Waals surface area contributed by atoms with E-state index in [-0.39, 0.29) is 6.04 Å². The Morgan fingerprint density at radius 1 is 1.22 bits per heavy atom. The summed E-state index contributed by atoms with van der Waals surface area (Å²) in [6.07, 6.45) is 6.98. The molecule has 1 aromatic carbocycles. The standard InChI is InChI=1S/C16H18N2/c17-16(10-12-4-3-9-18-11-12)15-8-7-13-5-1-2-6-14(13)15/h1-6,9,11,15-16H,7-8,10,17H2. The summed E-state index contributed by atoms with van der Waals surface area (Å²) in [4.78, 5) is 4.15. The van der Waals surface area contributed by atoms with Crippen molar-refractivity contribution in [2.45, 2.75) is 31.2 Å². The predicted molar refractivity (Wildman–Crippen MR) is 73.4 cm³/mol. The smallest absolute Gasteiger partial charge is 0.0300 e. The third-order valence-corrected chi connectivity index (χ3v) is 3.89. The molecule has 0 radical (unpaired) electrons. The van der Waals surface area contributed by atoms with Crippen molar-refractivity contribution in [3.8, 4) is 0 Å². The minimum Gasteiger partial charge on any atom is -0.327 e. The van der Waals surface area contributed by atoms with E-state index in [1.165, 1.54) is 29.5 Å². The molecule has 1 aromatic heterocycles. The van der Waals surface area contributed by atoms with Crippen molar-refractivity contribution in [2.24, 2.45) is 5.73 Å². The average molecular weight is 238 g/mol. The molecule has 0 fully saturated rings. The van der Waals surface area contributed by atoms with Gasteiger partial charge in [-0.05, 0) is 47.9 Å². The molecule has 0 saturated heterocycles. The Balaban J connectivity index is 1.77. The first-order valence-corrected chi connectivity index (χ1v) is 6.57. The van der Waals surface area contributed by atoms with Gasteiger partial charge in [-0.25, -0.2) is 0 Å². The van der Waals surface area contributed by atoms with Gasteiger partial charge >= 0.3 is 0 Å². The lowest BCUT2D eigenvalue weighted by Crippen LogP contribution is -2.29. The van der Waals surface area contributed by atoms with Crippen molar-refractivity contribution in [2.75, 3.05) is 0 Å². The molecular formula is C16H18N2. The molecular weight excluding hydrogens is 220 g/mol. The van der Waals surface area contributed by atoms with Crippen LogP contribution >= 0.6 is 0 Å². The SMILES string of the molecule is NC(Cc1cccnc1)C1CCc2ccccc21. The van der Waals surface area contributed by atoms with E-state index in [9.17, 15) is 0 Å². The molecule has 2 heteroatoms. The molecule has 1 heterocycles. The van der Waals surface area contributed by atoms with Crippen molar-refractivity contribution < 1.29 is 0 Å². The lowest BCUT2D eigenvalue weighted by molar-refractivity contribution is 0.524. The van der Waals surface area contributed by atoms with Gasteiger partial charge in [0.15, 0.2) is 0 Å². The molecule has 92 valence electrons. The van der Waals surface area contributed by atoms with Gasteiger partial charge in [-0.15, -0.1) is 0 Å². The van der Waals surface area contributed by atoms with Crippen LogP contribution in [0.15, 0.2) is 48.8 Å². The highest BCUT2D eigenvalue weighted by atomic mass is 14.7. The van der Waals surface area contributed by atoms with Crippen LogP contribution in [0.5, 0.6) is 0 Å². The first-order valence-electron chi connectivity index (χ1n) is 6.57. The molecule has 2 atom stereocenters. The lowest BCUT2D eigenvalue weighted by atomic mass is 9.90. The summed E-state index contributed by atoms with van der Waals surface area (Å²) in [5.41, 5.74) is 10.6. The molecule has 0 aliphatic heterocycles. The summed E-state index contributed by atoms with van der Waals surface area (Å²) >= 11 is 0. The fraction of sp³-hybridized carbons (Fsp3) is 0.312. The molecule has 2 unspecified atom stereocenters.